The molecule has 94 valence electrons. The number of ether oxygens (including phenoxy) is 1. The van der Waals surface area contributed by atoms with Crippen LogP contribution in [0.3, 0.4) is 0 Å². The zero-order valence-electron chi connectivity index (χ0n) is 10.5. The Bertz CT molecular complexity index is 333. The quantitative estimate of drug-likeness (QED) is 0.511. The molecule has 2 N–H and O–H groups in total. The molecular formula is C12H20BNO3. The van der Waals surface area contributed by atoms with Gasteiger partial charge < -0.3 is 14.8 Å². The van der Waals surface area contributed by atoms with Gasteiger partial charge in [0, 0.05) is 19.7 Å². The van der Waals surface area contributed by atoms with Crippen molar-refractivity contribution in [3.63, 3.8) is 0 Å². The fourth-order valence-electron chi connectivity index (χ4n) is 1.61. The van der Waals surface area contributed by atoms with E-state index in [4.69, 9.17) is 14.8 Å². The van der Waals surface area contributed by atoms with Crippen molar-refractivity contribution in [3.8, 4) is 0 Å². The number of nitrogens with zero attached hydrogens (tertiary/aromatic N) is 1. The van der Waals surface area contributed by atoms with Gasteiger partial charge in [0.05, 0.1) is 6.61 Å². The summed E-state index contributed by atoms with van der Waals surface area (Å²) in [5.74, 6) is 0. The number of benzene rings is 1. The van der Waals surface area contributed by atoms with Gasteiger partial charge in [0.2, 0.25) is 0 Å². The van der Waals surface area contributed by atoms with Crippen LogP contribution in [0.25, 0.3) is 0 Å². The number of hydrogen-bond donors (Lipinski definition) is 2. The molecule has 5 heteroatoms. The monoisotopic (exact) mass is 237 g/mol. The van der Waals surface area contributed by atoms with E-state index in [1.54, 1.807) is 6.07 Å². The van der Waals surface area contributed by atoms with Gasteiger partial charge in [0.25, 0.3) is 0 Å². The van der Waals surface area contributed by atoms with E-state index in [-0.39, 0.29) is 0 Å². The van der Waals surface area contributed by atoms with Gasteiger partial charge in [0.15, 0.2) is 0 Å². The molecule has 1 aromatic rings. The maximum Gasteiger partial charge on any atom is 0.488 e. The van der Waals surface area contributed by atoms with Crippen LogP contribution in [-0.4, -0.2) is 48.9 Å². The first-order valence-electron chi connectivity index (χ1n) is 5.84. The molecule has 0 saturated heterocycles. The van der Waals surface area contributed by atoms with Gasteiger partial charge in [0.1, 0.15) is 0 Å². The Kier molecular flexibility index (Phi) is 6.22. The third kappa shape index (κ3) is 5.32. The first-order chi connectivity index (χ1) is 8.13. The van der Waals surface area contributed by atoms with Crippen molar-refractivity contribution < 1.29 is 14.8 Å². The van der Waals surface area contributed by atoms with E-state index in [1.807, 2.05) is 32.2 Å². The van der Waals surface area contributed by atoms with Crippen molar-refractivity contribution in [3.05, 3.63) is 29.8 Å². The van der Waals surface area contributed by atoms with E-state index in [2.05, 4.69) is 4.90 Å². The Labute approximate surface area is 103 Å². The summed E-state index contributed by atoms with van der Waals surface area (Å²) in [5, 5.41) is 18.2. The molecule has 0 unspecified atom stereocenters. The maximum atomic E-state index is 9.08. The predicted molar refractivity (Wildman–Crippen MR) is 69.1 cm³/mol. The van der Waals surface area contributed by atoms with E-state index in [1.165, 1.54) is 0 Å². The lowest BCUT2D eigenvalue weighted by Crippen LogP contribution is -2.30. The molecule has 0 aliphatic rings. The van der Waals surface area contributed by atoms with Crippen LogP contribution in [0.1, 0.15) is 12.5 Å². The Morgan fingerprint density at radius 3 is 2.76 bits per heavy atom. The van der Waals surface area contributed by atoms with Crippen LogP contribution in [-0.2, 0) is 11.3 Å². The molecule has 1 rings (SSSR count). The van der Waals surface area contributed by atoms with Crippen molar-refractivity contribution >= 4 is 12.6 Å². The number of hydrogen-bond acceptors (Lipinski definition) is 4. The minimum absolute atomic E-state index is 0.528. The lowest BCUT2D eigenvalue weighted by Gasteiger charge is -2.16. The van der Waals surface area contributed by atoms with Gasteiger partial charge in [-0.05, 0) is 25.0 Å². The molecule has 0 saturated carbocycles. The molecular weight excluding hydrogens is 217 g/mol. The highest BCUT2D eigenvalue weighted by Crippen LogP contribution is 2.01. The molecule has 0 bridgehead atoms. The van der Waals surface area contributed by atoms with Gasteiger partial charge in [-0.3, -0.25) is 4.90 Å². The molecule has 0 atom stereocenters. The number of rotatable bonds is 7. The van der Waals surface area contributed by atoms with E-state index < -0.39 is 7.12 Å². The van der Waals surface area contributed by atoms with Gasteiger partial charge in [-0.1, -0.05) is 24.3 Å². The lowest BCUT2D eigenvalue weighted by molar-refractivity contribution is 0.120. The van der Waals surface area contributed by atoms with Crippen LogP contribution in [0.4, 0.5) is 0 Å². The minimum Gasteiger partial charge on any atom is -0.423 e. The van der Waals surface area contributed by atoms with Crippen molar-refractivity contribution in [2.45, 2.75) is 13.5 Å². The van der Waals surface area contributed by atoms with E-state index in [9.17, 15) is 0 Å². The fraction of sp³-hybridized carbons (Fsp3) is 0.500. The SMILES string of the molecule is CCOCCN(C)Cc1cccc(B(O)O)c1. The molecule has 0 radical (unpaired) electrons. The van der Waals surface area contributed by atoms with Crippen LogP contribution in [0.2, 0.25) is 0 Å². The van der Waals surface area contributed by atoms with Crippen LogP contribution < -0.4 is 5.46 Å². The maximum absolute atomic E-state index is 9.08. The standard InChI is InChI=1S/C12H20BNO3/c1-3-17-8-7-14(2)10-11-5-4-6-12(9-11)13(15)16/h4-6,9,15-16H,3,7-8,10H2,1-2H3. The molecule has 0 aliphatic carbocycles. The second kappa shape index (κ2) is 7.45. The lowest BCUT2D eigenvalue weighted by atomic mass is 9.79. The molecule has 4 nitrogen and oxygen atoms in total. The average molecular weight is 237 g/mol. The van der Waals surface area contributed by atoms with Crippen molar-refractivity contribution in [1.29, 1.82) is 0 Å². The summed E-state index contributed by atoms with van der Waals surface area (Å²) >= 11 is 0. The molecule has 17 heavy (non-hydrogen) atoms. The van der Waals surface area contributed by atoms with Gasteiger partial charge >= 0.3 is 7.12 Å². The minimum atomic E-state index is -1.40. The summed E-state index contributed by atoms with van der Waals surface area (Å²) in [6.07, 6.45) is 0. The molecule has 0 aromatic heterocycles. The first kappa shape index (κ1) is 14.2. The third-order valence-electron chi connectivity index (χ3n) is 2.52. The van der Waals surface area contributed by atoms with Crippen molar-refractivity contribution in [2.24, 2.45) is 0 Å². The predicted octanol–water partition coefficient (Wildman–Crippen LogP) is -0.165. The van der Waals surface area contributed by atoms with E-state index in [0.29, 0.717) is 5.46 Å². The van der Waals surface area contributed by atoms with Crippen LogP contribution in [0.5, 0.6) is 0 Å². The second-order valence-corrected chi connectivity index (χ2v) is 4.05. The summed E-state index contributed by atoms with van der Waals surface area (Å²) < 4.78 is 5.28. The molecule has 1 aromatic carbocycles. The Morgan fingerprint density at radius 2 is 2.12 bits per heavy atom. The Morgan fingerprint density at radius 1 is 1.35 bits per heavy atom. The number of likely N-dealkylation sites (N-methyl/N-ethyl adjacent to an activating group) is 1. The smallest absolute Gasteiger partial charge is 0.423 e. The molecule has 0 aliphatic heterocycles. The average Bonchev–Trinajstić information content (AvgIpc) is 2.29. The Hall–Kier alpha value is -0.875. The van der Waals surface area contributed by atoms with Gasteiger partial charge in [-0.15, -0.1) is 0 Å². The second-order valence-electron chi connectivity index (χ2n) is 4.05. The van der Waals surface area contributed by atoms with Crippen molar-refractivity contribution in [2.75, 3.05) is 26.8 Å². The van der Waals surface area contributed by atoms with Crippen LogP contribution in [0, 0.1) is 0 Å². The van der Waals surface area contributed by atoms with Crippen LogP contribution in [0.15, 0.2) is 24.3 Å². The fourth-order valence-corrected chi connectivity index (χ4v) is 1.61. The van der Waals surface area contributed by atoms with E-state index >= 15 is 0 Å². The zero-order valence-corrected chi connectivity index (χ0v) is 10.5. The summed E-state index contributed by atoms with van der Waals surface area (Å²) in [6, 6.07) is 7.32. The summed E-state index contributed by atoms with van der Waals surface area (Å²) in [7, 11) is 0.616. The topological polar surface area (TPSA) is 52.9 Å². The summed E-state index contributed by atoms with van der Waals surface area (Å²) in [5.41, 5.74) is 1.59. The highest BCUT2D eigenvalue weighted by atomic mass is 16.5. The molecule has 0 fully saturated rings. The Balaban J connectivity index is 2.47. The third-order valence-corrected chi connectivity index (χ3v) is 2.52. The highest BCUT2D eigenvalue weighted by Gasteiger charge is 2.11. The van der Waals surface area contributed by atoms with E-state index in [0.717, 1.165) is 31.9 Å². The molecule has 0 amide bonds. The zero-order chi connectivity index (χ0) is 12.7. The summed E-state index contributed by atoms with van der Waals surface area (Å²) in [4.78, 5) is 2.14. The van der Waals surface area contributed by atoms with Gasteiger partial charge in [-0.2, -0.15) is 0 Å². The van der Waals surface area contributed by atoms with Gasteiger partial charge in [-0.25, -0.2) is 0 Å². The largest absolute Gasteiger partial charge is 0.488 e. The van der Waals surface area contributed by atoms with Crippen LogP contribution >= 0.6 is 0 Å². The summed E-state index contributed by atoms with van der Waals surface area (Å²) in [6.45, 7) is 5.06. The molecule has 0 spiro atoms. The first-order valence-corrected chi connectivity index (χ1v) is 5.84. The normalized spacial score (nSPS) is 10.9. The van der Waals surface area contributed by atoms with Crippen molar-refractivity contribution in [1.82, 2.24) is 4.90 Å². The highest BCUT2D eigenvalue weighted by molar-refractivity contribution is 6.58. The molecule has 0 heterocycles.